The van der Waals surface area contributed by atoms with Gasteiger partial charge in [-0.2, -0.15) is 0 Å². The molecule has 0 unspecified atom stereocenters. The smallest absolute Gasteiger partial charge is 0.138 e. The molecule has 5 heteroatoms. The fraction of sp³-hybridized carbons (Fsp3) is 0.167. The van der Waals surface area contributed by atoms with E-state index in [0.29, 0.717) is 23.9 Å². The van der Waals surface area contributed by atoms with Crippen LogP contribution in [-0.4, -0.2) is 0 Å². The average Bonchev–Trinajstić information content (AvgIpc) is 2.73. The van der Waals surface area contributed by atoms with E-state index in [9.17, 15) is 0 Å². The second-order valence-corrected chi connectivity index (χ2v) is 6.42. The van der Waals surface area contributed by atoms with Crippen LogP contribution in [0.5, 0.6) is 5.75 Å². The Morgan fingerprint density at radius 3 is 2.71 bits per heavy atom. The molecule has 0 amide bonds. The predicted molar refractivity (Wildman–Crippen MR) is 75.7 cm³/mol. The van der Waals surface area contributed by atoms with Crippen molar-refractivity contribution >= 4 is 38.9 Å². The summed E-state index contributed by atoms with van der Waals surface area (Å²) >= 11 is 11.2. The van der Waals surface area contributed by atoms with Gasteiger partial charge in [0.15, 0.2) is 0 Å². The Kier molecular flexibility index (Phi) is 4.45. The molecule has 1 heterocycles. The normalized spacial score (nSPS) is 10.5. The molecule has 0 spiro atoms. The van der Waals surface area contributed by atoms with Gasteiger partial charge >= 0.3 is 0 Å². The standard InChI is InChI=1S/C12H11BrClNOS/c13-12-4-2-9(17-12)7-16-11-3-1-8(6-15)5-10(11)14/h1-5H,6-7,15H2. The van der Waals surface area contributed by atoms with E-state index >= 15 is 0 Å². The van der Waals surface area contributed by atoms with Crippen molar-refractivity contribution in [2.45, 2.75) is 13.2 Å². The summed E-state index contributed by atoms with van der Waals surface area (Å²) in [6, 6.07) is 9.64. The van der Waals surface area contributed by atoms with Gasteiger partial charge in [-0.1, -0.05) is 17.7 Å². The van der Waals surface area contributed by atoms with Crippen LogP contribution in [0.4, 0.5) is 0 Å². The Labute approximate surface area is 117 Å². The average molecular weight is 333 g/mol. The highest BCUT2D eigenvalue weighted by Gasteiger charge is 2.04. The Bertz CT molecular complexity index is 515. The minimum Gasteiger partial charge on any atom is -0.487 e. The fourth-order valence-electron chi connectivity index (χ4n) is 1.37. The van der Waals surface area contributed by atoms with Crippen molar-refractivity contribution in [2.75, 3.05) is 0 Å². The first-order valence-electron chi connectivity index (χ1n) is 5.04. The summed E-state index contributed by atoms with van der Waals surface area (Å²) < 4.78 is 6.75. The first kappa shape index (κ1) is 12.9. The van der Waals surface area contributed by atoms with Gasteiger partial charge in [0.05, 0.1) is 8.81 Å². The lowest BCUT2D eigenvalue weighted by atomic mass is 10.2. The summed E-state index contributed by atoms with van der Waals surface area (Å²) in [5.41, 5.74) is 6.53. The van der Waals surface area contributed by atoms with Crippen molar-refractivity contribution in [3.05, 3.63) is 49.6 Å². The largest absolute Gasteiger partial charge is 0.487 e. The summed E-state index contributed by atoms with van der Waals surface area (Å²) in [5.74, 6) is 0.688. The summed E-state index contributed by atoms with van der Waals surface area (Å²) in [6.07, 6.45) is 0. The highest BCUT2D eigenvalue weighted by atomic mass is 79.9. The van der Waals surface area contributed by atoms with Gasteiger partial charge < -0.3 is 10.5 Å². The molecule has 2 aromatic rings. The first-order valence-corrected chi connectivity index (χ1v) is 7.03. The molecule has 1 aromatic heterocycles. The molecule has 0 aliphatic carbocycles. The Hall–Kier alpha value is -0.550. The predicted octanol–water partition coefficient (Wildman–Crippen LogP) is 4.20. The fourth-order valence-corrected chi connectivity index (χ4v) is 3.02. The second kappa shape index (κ2) is 5.87. The molecule has 0 aliphatic rings. The van der Waals surface area contributed by atoms with E-state index in [4.69, 9.17) is 22.1 Å². The van der Waals surface area contributed by atoms with Gasteiger partial charge in [0.1, 0.15) is 12.4 Å². The molecule has 0 atom stereocenters. The number of thiophene rings is 1. The monoisotopic (exact) mass is 331 g/mol. The minimum atomic E-state index is 0.484. The van der Waals surface area contributed by atoms with E-state index in [2.05, 4.69) is 15.9 Å². The maximum absolute atomic E-state index is 6.09. The number of nitrogens with two attached hydrogens (primary N) is 1. The van der Waals surface area contributed by atoms with Crippen molar-refractivity contribution in [1.29, 1.82) is 0 Å². The van der Waals surface area contributed by atoms with Gasteiger partial charge in [0, 0.05) is 11.4 Å². The zero-order valence-corrected chi connectivity index (χ0v) is 12.1. The quantitative estimate of drug-likeness (QED) is 0.910. The first-order chi connectivity index (χ1) is 8.19. The lowest BCUT2D eigenvalue weighted by molar-refractivity contribution is 0.310. The van der Waals surface area contributed by atoms with Gasteiger partial charge in [-0.25, -0.2) is 0 Å². The molecule has 90 valence electrons. The SMILES string of the molecule is NCc1ccc(OCc2ccc(Br)s2)c(Cl)c1. The maximum atomic E-state index is 6.09. The molecule has 2 rings (SSSR count). The highest BCUT2D eigenvalue weighted by Crippen LogP contribution is 2.28. The molecule has 0 fully saturated rings. The zero-order chi connectivity index (χ0) is 12.3. The van der Waals surface area contributed by atoms with E-state index in [-0.39, 0.29) is 0 Å². The van der Waals surface area contributed by atoms with Crippen LogP contribution >= 0.6 is 38.9 Å². The molecule has 2 N–H and O–H groups in total. The third-order valence-electron chi connectivity index (χ3n) is 2.23. The molecule has 0 aliphatic heterocycles. The molecule has 0 saturated carbocycles. The zero-order valence-electron chi connectivity index (χ0n) is 8.95. The Morgan fingerprint density at radius 2 is 2.12 bits per heavy atom. The van der Waals surface area contributed by atoms with Gasteiger partial charge in [-0.15, -0.1) is 11.3 Å². The van der Waals surface area contributed by atoms with E-state index in [1.54, 1.807) is 11.3 Å². The molecule has 1 aromatic carbocycles. The molecule has 0 bridgehead atoms. The topological polar surface area (TPSA) is 35.2 Å². The van der Waals surface area contributed by atoms with Crippen molar-refractivity contribution in [3.8, 4) is 5.75 Å². The Morgan fingerprint density at radius 1 is 1.29 bits per heavy atom. The third kappa shape index (κ3) is 3.45. The van der Waals surface area contributed by atoms with Crippen LogP contribution in [-0.2, 0) is 13.2 Å². The van der Waals surface area contributed by atoms with Crippen LogP contribution in [0.15, 0.2) is 34.1 Å². The van der Waals surface area contributed by atoms with E-state index in [1.807, 2.05) is 30.3 Å². The van der Waals surface area contributed by atoms with Crippen LogP contribution in [0.3, 0.4) is 0 Å². The lowest BCUT2D eigenvalue weighted by Crippen LogP contribution is -1.98. The summed E-state index contributed by atoms with van der Waals surface area (Å²) in [4.78, 5) is 1.15. The van der Waals surface area contributed by atoms with Crippen molar-refractivity contribution in [1.82, 2.24) is 0 Å². The number of hydrogen-bond acceptors (Lipinski definition) is 3. The summed E-state index contributed by atoms with van der Waals surface area (Å²) in [5, 5.41) is 0.601. The number of ether oxygens (including phenoxy) is 1. The molecular formula is C12H11BrClNOS. The van der Waals surface area contributed by atoms with Crippen molar-refractivity contribution < 1.29 is 4.74 Å². The van der Waals surface area contributed by atoms with Crippen LogP contribution in [0.1, 0.15) is 10.4 Å². The van der Waals surface area contributed by atoms with Crippen LogP contribution in [0.25, 0.3) is 0 Å². The van der Waals surface area contributed by atoms with Crippen LogP contribution in [0.2, 0.25) is 5.02 Å². The van der Waals surface area contributed by atoms with E-state index < -0.39 is 0 Å². The number of halogens is 2. The van der Waals surface area contributed by atoms with E-state index in [0.717, 1.165) is 14.2 Å². The van der Waals surface area contributed by atoms with Crippen LogP contribution in [0, 0.1) is 0 Å². The van der Waals surface area contributed by atoms with Crippen LogP contribution < -0.4 is 10.5 Å². The van der Waals surface area contributed by atoms with Gasteiger partial charge in [-0.3, -0.25) is 0 Å². The summed E-state index contributed by atoms with van der Waals surface area (Å²) in [6.45, 7) is 1.01. The van der Waals surface area contributed by atoms with Crippen molar-refractivity contribution in [3.63, 3.8) is 0 Å². The molecule has 0 radical (unpaired) electrons. The number of rotatable bonds is 4. The molecule has 0 saturated heterocycles. The van der Waals surface area contributed by atoms with Gasteiger partial charge in [0.2, 0.25) is 0 Å². The molecular weight excluding hydrogens is 322 g/mol. The lowest BCUT2D eigenvalue weighted by Gasteiger charge is -2.07. The second-order valence-electron chi connectivity index (χ2n) is 3.46. The number of hydrogen-bond donors (Lipinski definition) is 1. The minimum absolute atomic E-state index is 0.484. The Balaban J connectivity index is 2.04. The van der Waals surface area contributed by atoms with E-state index in [1.165, 1.54) is 0 Å². The maximum Gasteiger partial charge on any atom is 0.138 e. The van der Waals surface area contributed by atoms with Gasteiger partial charge in [0.25, 0.3) is 0 Å². The number of benzene rings is 1. The summed E-state index contributed by atoms with van der Waals surface area (Å²) in [7, 11) is 0. The highest BCUT2D eigenvalue weighted by molar-refractivity contribution is 9.11. The van der Waals surface area contributed by atoms with Gasteiger partial charge in [-0.05, 0) is 45.8 Å². The van der Waals surface area contributed by atoms with Crippen molar-refractivity contribution in [2.24, 2.45) is 5.73 Å². The third-order valence-corrected chi connectivity index (χ3v) is 4.12. The molecule has 2 nitrogen and oxygen atoms in total. The molecule has 17 heavy (non-hydrogen) atoms.